The van der Waals surface area contributed by atoms with E-state index in [0.717, 1.165) is 23.9 Å². The Morgan fingerprint density at radius 1 is 1.19 bits per heavy atom. The maximum absolute atomic E-state index is 12.1. The molecule has 0 saturated carbocycles. The molecule has 21 heavy (non-hydrogen) atoms. The van der Waals surface area contributed by atoms with Crippen molar-refractivity contribution in [1.82, 2.24) is 0 Å². The normalized spacial score (nSPS) is 14.5. The van der Waals surface area contributed by atoms with E-state index in [0.29, 0.717) is 12.5 Å². The van der Waals surface area contributed by atoms with Gasteiger partial charge in [-0.25, -0.2) is 0 Å². The Balaban J connectivity index is 2.47. The van der Waals surface area contributed by atoms with Gasteiger partial charge in [0.2, 0.25) is 0 Å². The summed E-state index contributed by atoms with van der Waals surface area (Å²) in [4.78, 5) is 12.1. The van der Waals surface area contributed by atoms with E-state index >= 15 is 0 Å². The fraction of sp³-hybridized carbons (Fsp3) is 0.611. The highest BCUT2D eigenvalue weighted by Crippen LogP contribution is 2.27. The van der Waals surface area contributed by atoms with Crippen LogP contribution in [0.3, 0.4) is 0 Å². The first kappa shape index (κ1) is 17.7. The van der Waals surface area contributed by atoms with Crippen LogP contribution in [0.15, 0.2) is 30.3 Å². The number of rotatable bonds is 8. The first-order chi connectivity index (χ1) is 9.83. The molecule has 0 aliphatic heterocycles. The fourth-order valence-electron chi connectivity index (χ4n) is 2.35. The van der Waals surface area contributed by atoms with E-state index in [1.807, 2.05) is 13.0 Å². The van der Waals surface area contributed by atoms with Gasteiger partial charge in [0.05, 0.1) is 27.1 Å². The van der Waals surface area contributed by atoms with Crippen LogP contribution in [0, 0.1) is 5.92 Å². The summed E-state index contributed by atoms with van der Waals surface area (Å²) in [5, 5.41) is 0. The molecule has 2 atom stereocenters. The molecule has 0 N–H and O–H groups in total. The molecule has 2 unspecified atom stereocenters. The lowest BCUT2D eigenvalue weighted by molar-refractivity contribution is -0.870. The molecule has 0 heterocycles. The van der Waals surface area contributed by atoms with Crippen LogP contribution in [-0.2, 0) is 9.53 Å². The molecule has 0 saturated heterocycles. The third-order valence-corrected chi connectivity index (χ3v) is 3.81. The third kappa shape index (κ3) is 6.76. The van der Waals surface area contributed by atoms with Crippen LogP contribution in [0.1, 0.15) is 38.2 Å². The topological polar surface area (TPSA) is 26.3 Å². The van der Waals surface area contributed by atoms with Crippen molar-refractivity contribution >= 4 is 5.97 Å². The number of nitrogens with zero attached hydrogens (tertiary/aromatic N) is 1. The largest absolute Gasteiger partial charge is 0.459 e. The minimum atomic E-state index is -0.0715. The zero-order valence-corrected chi connectivity index (χ0v) is 14.1. The van der Waals surface area contributed by atoms with Crippen molar-refractivity contribution in [2.45, 2.75) is 32.6 Å². The molecule has 1 aromatic rings. The van der Waals surface area contributed by atoms with Gasteiger partial charge in [-0.1, -0.05) is 44.2 Å². The first-order valence-corrected chi connectivity index (χ1v) is 7.85. The Bertz CT molecular complexity index is 423. The maximum Gasteiger partial charge on any atom is 0.308 e. The van der Waals surface area contributed by atoms with Gasteiger partial charge >= 0.3 is 5.97 Å². The van der Waals surface area contributed by atoms with E-state index in [4.69, 9.17) is 4.74 Å². The molecule has 0 amide bonds. The molecule has 0 radical (unpaired) electrons. The molecule has 1 rings (SSSR count). The zero-order chi connectivity index (χ0) is 15.9. The molecule has 1 aromatic carbocycles. The predicted molar refractivity (Wildman–Crippen MR) is 87.1 cm³/mol. The fourth-order valence-corrected chi connectivity index (χ4v) is 2.35. The summed E-state index contributed by atoms with van der Waals surface area (Å²) in [7, 11) is 6.29. The number of hydrogen-bond donors (Lipinski definition) is 0. The summed E-state index contributed by atoms with van der Waals surface area (Å²) in [6, 6.07) is 10.4. The Morgan fingerprint density at radius 3 is 2.33 bits per heavy atom. The summed E-state index contributed by atoms with van der Waals surface area (Å²) in [6.45, 7) is 5.48. The average Bonchev–Trinajstić information content (AvgIpc) is 2.43. The minimum Gasteiger partial charge on any atom is -0.459 e. The quantitative estimate of drug-likeness (QED) is 0.542. The van der Waals surface area contributed by atoms with Crippen LogP contribution in [0.4, 0.5) is 0 Å². The molecule has 3 heteroatoms. The number of likely N-dealkylation sites (N-methyl/N-ethyl adjacent to an activating group) is 1. The smallest absolute Gasteiger partial charge is 0.308 e. The number of quaternary nitrogens is 1. The lowest BCUT2D eigenvalue weighted by atomic mass is 9.88. The second kappa shape index (κ2) is 8.18. The number of hydrogen-bond acceptors (Lipinski definition) is 2. The molecule has 118 valence electrons. The van der Waals surface area contributed by atoms with Crippen molar-refractivity contribution in [2.24, 2.45) is 5.92 Å². The lowest BCUT2D eigenvalue weighted by Crippen LogP contribution is -2.38. The molecular weight excluding hydrogens is 262 g/mol. The van der Waals surface area contributed by atoms with Crippen LogP contribution in [-0.4, -0.2) is 44.7 Å². The molecule has 0 aliphatic rings. The van der Waals surface area contributed by atoms with Crippen LogP contribution >= 0.6 is 0 Å². The number of esters is 1. The van der Waals surface area contributed by atoms with E-state index in [2.05, 4.69) is 52.3 Å². The van der Waals surface area contributed by atoms with Crippen molar-refractivity contribution in [3.8, 4) is 0 Å². The summed E-state index contributed by atoms with van der Waals surface area (Å²) >= 11 is 0. The molecular formula is C18H30NO2+. The van der Waals surface area contributed by atoms with Crippen molar-refractivity contribution in [3.63, 3.8) is 0 Å². The van der Waals surface area contributed by atoms with Crippen LogP contribution in [0.25, 0.3) is 0 Å². The maximum atomic E-state index is 12.1. The highest BCUT2D eigenvalue weighted by atomic mass is 16.5. The Kier molecular flexibility index (Phi) is 6.90. The minimum absolute atomic E-state index is 0.0531. The molecule has 3 nitrogen and oxygen atoms in total. The van der Waals surface area contributed by atoms with E-state index < -0.39 is 0 Å². The SMILES string of the molecule is CCC(CC(C)C(=O)OCC[N+](C)(C)C)c1ccccc1. The van der Waals surface area contributed by atoms with Gasteiger partial charge in [0.25, 0.3) is 0 Å². The Labute approximate surface area is 129 Å². The Hall–Kier alpha value is -1.35. The van der Waals surface area contributed by atoms with Crippen LogP contribution in [0.5, 0.6) is 0 Å². The number of carbonyl (C=O) groups excluding carboxylic acids is 1. The van der Waals surface area contributed by atoms with Gasteiger partial charge in [-0.05, 0) is 24.3 Å². The molecule has 0 bridgehead atoms. The first-order valence-electron chi connectivity index (χ1n) is 7.85. The standard InChI is InChI=1S/C18H30NO2/c1-6-16(17-10-8-7-9-11-17)14-15(2)18(20)21-13-12-19(3,4)5/h7-11,15-16H,6,12-14H2,1-5H3/q+1. The summed E-state index contributed by atoms with van der Waals surface area (Å²) < 4.78 is 6.22. The highest BCUT2D eigenvalue weighted by Gasteiger charge is 2.21. The number of carbonyl (C=O) groups is 1. The zero-order valence-electron chi connectivity index (χ0n) is 14.1. The molecule has 0 aromatic heterocycles. The second-order valence-electron chi connectivity index (χ2n) is 6.83. The van der Waals surface area contributed by atoms with E-state index in [1.165, 1.54) is 5.56 Å². The summed E-state index contributed by atoms with van der Waals surface area (Å²) in [6.07, 6.45) is 1.89. The van der Waals surface area contributed by atoms with E-state index in [-0.39, 0.29) is 11.9 Å². The van der Waals surface area contributed by atoms with E-state index in [9.17, 15) is 4.79 Å². The number of ether oxygens (including phenoxy) is 1. The van der Waals surface area contributed by atoms with Gasteiger partial charge < -0.3 is 9.22 Å². The monoisotopic (exact) mass is 292 g/mol. The molecule has 0 spiro atoms. The van der Waals surface area contributed by atoms with E-state index in [1.54, 1.807) is 0 Å². The molecule has 0 aliphatic carbocycles. The summed E-state index contributed by atoms with van der Waals surface area (Å²) in [5.41, 5.74) is 1.31. The van der Waals surface area contributed by atoms with Crippen molar-refractivity contribution in [3.05, 3.63) is 35.9 Å². The van der Waals surface area contributed by atoms with Crippen LogP contribution in [0.2, 0.25) is 0 Å². The highest BCUT2D eigenvalue weighted by molar-refractivity contribution is 5.72. The third-order valence-electron chi connectivity index (χ3n) is 3.81. The van der Waals surface area contributed by atoms with Gasteiger partial charge in [0, 0.05) is 0 Å². The average molecular weight is 292 g/mol. The van der Waals surface area contributed by atoms with Crippen LogP contribution < -0.4 is 0 Å². The van der Waals surface area contributed by atoms with Crippen molar-refractivity contribution < 1.29 is 14.0 Å². The Morgan fingerprint density at radius 2 is 1.81 bits per heavy atom. The molecule has 0 fully saturated rings. The summed E-state index contributed by atoms with van der Waals surface area (Å²) in [5.74, 6) is 0.299. The van der Waals surface area contributed by atoms with Gasteiger partial charge in [-0.15, -0.1) is 0 Å². The number of benzene rings is 1. The van der Waals surface area contributed by atoms with Crippen molar-refractivity contribution in [1.29, 1.82) is 0 Å². The van der Waals surface area contributed by atoms with Gasteiger partial charge in [-0.2, -0.15) is 0 Å². The second-order valence-corrected chi connectivity index (χ2v) is 6.83. The predicted octanol–water partition coefficient (Wildman–Crippen LogP) is 3.46. The van der Waals surface area contributed by atoms with Gasteiger partial charge in [0.15, 0.2) is 0 Å². The van der Waals surface area contributed by atoms with Gasteiger partial charge in [-0.3, -0.25) is 4.79 Å². The van der Waals surface area contributed by atoms with Gasteiger partial charge in [0.1, 0.15) is 13.2 Å². The van der Waals surface area contributed by atoms with Crippen molar-refractivity contribution in [2.75, 3.05) is 34.3 Å². The lowest BCUT2D eigenvalue weighted by Gasteiger charge is -2.24.